The minimum atomic E-state index is -3.90. The first-order valence-electron chi connectivity index (χ1n) is 10.9. The Morgan fingerprint density at radius 2 is 1.83 bits per heavy atom. The van der Waals surface area contributed by atoms with Gasteiger partial charge in [0, 0.05) is 47.3 Å². The number of hydrogen-bond acceptors (Lipinski definition) is 7. The SMILES string of the molecule is CN(C)CCN(C(=O)O)c1ccnc(N2CCc3cc(NS(=O)(=O)c4cc(Cl)cc(Cl)c4)ccc32)n1. The van der Waals surface area contributed by atoms with Crippen molar-refractivity contribution in [3.8, 4) is 0 Å². The Bertz CT molecular complexity index is 1380. The van der Waals surface area contributed by atoms with Crippen LogP contribution in [-0.2, 0) is 16.4 Å². The molecule has 1 aliphatic rings. The third kappa shape index (κ3) is 5.81. The molecule has 2 N–H and O–H groups in total. The zero-order chi connectivity index (χ0) is 26.0. The number of carboxylic acid groups (broad SMARTS) is 1. The number of halogens is 2. The van der Waals surface area contributed by atoms with Crippen molar-refractivity contribution in [1.29, 1.82) is 0 Å². The summed E-state index contributed by atoms with van der Waals surface area (Å²) < 4.78 is 28.2. The van der Waals surface area contributed by atoms with Gasteiger partial charge in [0.25, 0.3) is 10.0 Å². The molecule has 0 unspecified atom stereocenters. The zero-order valence-electron chi connectivity index (χ0n) is 19.5. The second-order valence-electron chi connectivity index (χ2n) is 8.41. The number of rotatable bonds is 8. The number of carbonyl (C=O) groups is 1. The molecule has 10 nitrogen and oxygen atoms in total. The summed E-state index contributed by atoms with van der Waals surface area (Å²) in [6.07, 6.45) is 1.06. The van der Waals surface area contributed by atoms with Crippen LogP contribution >= 0.6 is 23.2 Å². The van der Waals surface area contributed by atoms with E-state index in [1.54, 1.807) is 24.3 Å². The van der Waals surface area contributed by atoms with E-state index in [4.69, 9.17) is 23.2 Å². The lowest BCUT2D eigenvalue weighted by Crippen LogP contribution is -2.36. The summed E-state index contributed by atoms with van der Waals surface area (Å²) in [5.41, 5.74) is 2.11. The van der Waals surface area contributed by atoms with E-state index < -0.39 is 16.1 Å². The van der Waals surface area contributed by atoms with Crippen molar-refractivity contribution in [2.75, 3.05) is 48.3 Å². The van der Waals surface area contributed by atoms with E-state index in [0.717, 1.165) is 11.3 Å². The number of aromatic nitrogens is 2. The van der Waals surface area contributed by atoms with E-state index in [1.807, 2.05) is 23.9 Å². The van der Waals surface area contributed by atoms with Crippen molar-refractivity contribution in [1.82, 2.24) is 14.9 Å². The van der Waals surface area contributed by atoms with Crippen molar-refractivity contribution in [2.24, 2.45) is 0 Å². The molecule has 1 amide bonds. The number of anilines is 4. The predicted octanol–water partition coefficient (Wildman–Crippen LogP) is 4.32. The lowest BCUT2D eigenvalue weighted by atomic mass is 10.1. The van der Waals surface area contributed by atoms with Gasteiger partial charge in [0.05, 0.1) is 4.90 Å². The number of fused-ring (bicyclic) bond motifs is 1. The molecular weight excluding hydrogens is 527 g/mol. The molecule has 1 aliphatic heterocycles. The van der Waals surface area contributed by atoms with Gasteiger partial charge in [-0.3, -0.25) is 9.62 Å². The smallest absolute Gasteiger partial charge is 0.413 e. The first-order chi connectivity index (χ1) is 17.0. The molecule has 36 heavy (non-hydrogen) atoms. The van der Waals surface area contributed by atoms with Crippen molar-refractivity contribution >= 4 is 62.5 Å². The maximum absolute atomic E-state index is 12.8. The summed E-state index contributed by atoms with van der Waals surface area (Å²) in [5, 5.41) is 10.1. The zero-order valence-corrected chi connectivity index (χ0v) is 21.8. The van der Waals surface area contributed by atoms with Gasteiger partial charge in [-0.15, -0.1) is 0 Å². The van der Waals surface area contributed by atoms with E-state index in [0.29, 0.717) is 31.1 Å². The van der Waals surface area contributed by atoms with Gasteiger partial charge in [0.2, 0.25) is 5.95 Å². The predicted molar refractivity (Wildman–Crippen MR) is 140 cm³/mol. The summed E-state index contributed by atoms with van der Waals surface area (Å²) in [5.74, 6) is 0.650. The average Bonchev–Trinajstić information content (AvgIpc) is 3.21. The molecule has 2 aromatic carbocycles. The maximum atomic E-state index is 12.8. The highest BCUT2D eigenvalue weighted by molar-refractivity contribution is 7.92. The first kappa shape index (κ1) is 26.0. The van der Waals surface area contributed by atoms with Crippen LogP contribution in [-0.4, -0.2) is 68.2 Å². The van der Waals surface area contributed by atoms with E-state index in [1.165, 1.54) is 29.3 Å². The molecule has 0 radical (unpaired) electrons. The number of hydrogen-bond donors (Lipinski definition) is 2. The number of amides is 1. The minimum absolute atomic E-state index is 0.0374. The molecule has 13 heteroatoms. The van der Waals surface area contributed by atoms with E-state index in [2.05, 4.69) is 14.7 Å². The standard InChI is InChI=1S/C23H24Cl2N6O4S/c1-29(2)9-10-31(23(32)33)21-5-7-26-22(27-21)30-8-6-15-11-18(3-4-20(15)30)28-36(34,35)19-13-16(24)12-17(25)14-19/h3-5,7,11-14,28H,6,8-10H2,1-2H3,(H,32,33). The van der Waals surface area contributed by atoms with Crippen molar-refractivity contribution < 1.29 is 18.3 Å². The second kappa shape index (κ2) is 10.5. The van der Waals surface area contributed by atoms with Gasteiger partial charge in [0.15, 0.2) is 0 Å². The van der Waals surface area contributed by atoms with Crippen LogP contribution in [0.3, 0.4) is 0 Å². The number of benzene rings is 2. The third-order valence-corrected chi connectivity index (χ3v) is 7.32. The van der Waals surface area contributed by atoms with Crippen molar-refractivity contribution in [3.05, 3.63) is 64.3 Å². The van der Waals surface area contributed by atoms with Crippen molar-refractivity contribution in [2.45, 2.75) is 11.3 Å². The monoisotopic (exact) mass is 550 g/mol. The lowest BCUT2D eigenvalue weighted by molar-refractivity contribution is 0.200. The topological polar surface area (TPSA) is 119 Å². The van der Waals surface area contributed by atoms with E-state index in [-0.39, 0.29) is 27.3 Å². The summed E-state index contributed by atoms with van der Waals surface area (Å²) in [4.78, 5) is 25.5. The fraction of sp³-hybridized carbons (Fsp3) is 0.261. The maximum Gasteiger partial charge on any atom is 0.413 e. The van der Waals surface area contributed by atoms with Gasteiger partial charge in [0.1, 0.15) is 5.82 Å². The molecule has 0 saturated carbocycles. The van der Waals surface area contributed by atoms with Crippen LogP contribution in [0.2, 0.25) is 10.0 Å². The molecule has 4 rings (SSSR count). The van der Waals surface area contributed by atoms with Crippen LogP contribution in [0.5, 0.6) is 0 Å². The Labute approximate surface area is 219 Å². The number of likely N-dealkylation sites (N-methyl/N-ethyl adjacent to an activating group) is 1. The summed E-state index contributed by atoms with van der Waals surface area (Å²) in [7, 11) is -0.166. The third-order valence-electron chi connectivity index (χ3n) is 5.52. The Balaban J connectivity index is 1.57. The molecule has 0 saturated heterocycles. The highest BCUT2D eigenvalue weighted by Gasteiger charge is 2.25. The molecule has 190 valence electrons. The van der Waals surface area contributed by atoms with Crippen LogP contribution in [0.1, 0.15) is 5.56 Å². The van der Waals surface area contributed by atoms with Gasteiger partial charge in [-0.2, -0.15) is 4.98 Å². The van der Waals surface area contributed by atoms with Crippen molar-refractivity contribution in [3.63, 3.8) is 0 Å². The average molecular weight is 551 g/mol. The molecule has 2 heterocycles. The fourth-order valence-corrected chi connectivity index (χ4v) is 5.57. The van der Waals surface area contributed by atoms with Crippen LogP contribution in [0, 0.1) is 0 Å². The van der Waals surface area contributed by atoms with Gasteiger partial charge < -0.3 is 14.9 Å². The molecule has 0 spiro atoms. The molecule has 1 aromatic heterocycles. The molecule has 0 atom stereocenters. The minimum Gasteiger partial charge on any atom is -0.465 e. The largest absolute Gasteiger partial charge is 0.465 e. The summed E-state index contributed by atoms with van der Waals surface area (Å²) >= 11 is 11.9. The number of nitrogens with one attached hydrogen (secondary N) is 1. The van der Waals surface area contributed by atoms with E-state index >= 15 is 0 Å². The molecule has 3 aromatic rings. The number of sulfonamides is 1. The summed E-state index contributed by atoms with van der Waals surface area (Å²) in [6.45, 7) is 1.36. The van der Waals surface area contributed by atoms with Crippen LogP contribution in [0.15, 0.2) is 53.6 Å². The lowest BCUT2D eigenvalue weighted by Gasteiger charge is -2.23. The van der Waals surface area contributed by atoms with Gasteiger partial charge in [-0.05, 0) is 68.5 Å². The van der Waals surface area contributed by atoms with Gasteiger partial charge in [-0.25, -0.2) is 18.2 Å². The Morgan fingerprint density at radius 3 is 2.50 bits per heavy atom. The Morgan fingerprint density at radius 1 is 1.11 bits per heavy atom. The van der Waals surface area contributed by atoms with Gasteiger partial charge >= 0.3 is 6.09 Å². The summed E-state index contributed by atoms with van der Waals surface area (Å²) in [6, 6.07) is 10.9. The molecule has 0 aliphatic carbocycles. The molecule has 0 bridgehead atoms. The Hall–Kier alpha value is -3.12. The second-order valence-corrected chi connectivity index (χ2v) is 11.0. The van der Waals surface area contributed by atoms with Gasteiger partial charge in [-0.1, -0.05) is 23.2 Å². The fourth-order valence-electron chi connectivity index (χ4n) is 3.80. The molecular formula is C23H24Cl2N6O4S. The quantitative estimate of drug-likeness (QED) is 0.425. The first-order valence-corrected chi connectivity index (χ1v) is 13.1. The van der Waals surface area contributed by atoms with Crippen LogP contribution < -0.4 is 14.5 Å². The van der Waals surface area contributed by atoms with Crippen LogP contribution in [0.4, 0.5) is 27.9 Å². The Kier molecular flexibility index (Phi) is 7.55. The number of nitrogens with zero attached hydrogens (tertiary/aromatic N) is 5. The highest BCUT2D eigenvalue weighted by Crippen LogP contribution is 2.35. The van der Waals surface area contributed by atoms with E-state index in [9.17, 15) is 18.3 Å². The highest BCUT2D eigenvalue weighted by atomic mass is 35.5. The molecule has 0 fully saturated rings. The van der Waals surface area contributed by atoms with Crippen LogP contribution in [0.25, 0.3) is 0 Å². The normalized spacial score (nSPS) is 13.1.